The van der Waals surface area contributed by atoms with E-state index in [1.54, 1.807) is 0 Å². The van der Waals surface area contributed by atoms with Gasteiger partial charge in [0.05, 0.1) is 35.3 Å². The van der Waals surface area contributed by atoms with Crippen molar-refractivity contribution in [2.75, 3.05) is 13.1 Å². The number of rotatable bonds is 5. The summed E-state index contributed by atoms with van der Waals surface area (Å²) in [4.78, 5) is 6.92. The zero-order valence-corrected chi connectivity index (χ0v) is 17.2. The molecule has 0 aliphatic heterocycles. The zero-order chi connectivity index (χ0) is 27.7. The first-order valence-electron chi connectivity index (χ1n) is 9.25. The third-order valence-corrected chi connectivity index (χ3v) is 4.36. The van der Waals surface area contributed by atoms with Gasteiger partial charge in [-0.05, 0) is 24.3 Å². The molecule has 0 heterocycles. The predicted molar refractivity (Wildman–Crippen MR) is 101 cm³/mol. The third kappa shape index (κ3) is 7.04. The van der Waals surface area contributed by atoms with Crippen molar-refractivity contribution in [3.8, 4) is 11.5 Å². The van der Waals surface area contributed by atoms with Gasteiger partial charge in [0.1, 0.15) is 11.5 Å². The fraction of sp³-hybridized carbons (Fsp3) is 0.300. The van der Waals surface area contributed by atoms with Crippen LogP contribution in [-0.2, 0) is 24.7 Å². The van der Waals surface area contributed by atoms with E-state index in [0.717, 1.165) is 0 Å². The summed E-state index contributed by atoms with van der Waals surface area (Å²) in [6, 6.07) is -0.214. The number of phenolic OH excluding ortho intramolecular Hbond substituents is 2. The molecule has 36 heavy (non-hydrogen) atoms. The van der Waals surface area contributed by atoms with E-state index < -0.39 is 82.7 Å². The summed E-state index contributed by atoms with van der Waals surface area (Å²) < 4.78 is 155. The molecule has 0 aliphatic rings. The Balaban J connectivity index is 2.27. The van der Waals surface area contributed by atoms with Crippen molar-refractivity contribution >= 4 is 12.4 Å². The molecule has 2 rings (SSSR count). The Morgan fingerprint density at radius 2 is 0.833 bits per heavy atom. The summed E-state index contributed by atoms with van der Waals surface area (Å²) in [5.41, 5.74) is -9.31. The van der Waals surface area contributed by atoms with Gasteiger partial charge in [-0.25, -0.2) is 0 Å². The fourth-order valence-electron chi connectivity index (χ4n) is 2.71. The molecule has 2 aromatic carbocycles. The number of aromatic hydroxyl groups is 2. The van der Waals surface area contributed by atoms with Crippen LogP contribution >= 0.6 is 0 Å². The molecule has 0 saturated carbocycles. The minimum absolute atomic E-state index is 0.191. The highest BCUT2D eigenvalue weighted by atomic mass is 19.4. The molecule has 0 aromatic heterocycles. The van der Waals surface area contributed by atoms with Gasteiger partial charge in [-0.2, -0.15) is 52.7 Å². The molecular formula is C20H12F12N2O2. The Hall–Kier alpha value is -3.46. The van der Waals surface area contributed by atoms with Crippen molar-refractivity contribution in [2.45, 2.75) is 24.7 Å². The monoisotopic (exact) mass is 540 g/mol. The van der Waals surface area contributed by atoms with Crippen molar-refractivity contribution in [3.05, 3.63) is 57.6 Å². The zero-order valence-electron chi connectivity index (χ0n) is 17.2. The van der Waals surface area contributed by atoms with Crippen LogP contribution in [0, 0.1) is 0 Å². The Morgan fingerprint density at radius 3 is 1.08 bits per heavy atom. The first kappa shape index (κ1) is 28.8. The second-order valence-corrected chi connectivity index (χ2v) is 6.98. The summed E-state index contributed by atoms with van der Waals surface area (Å²) in [6.07, 6.45) is -20.1. The maximum atomic E-state index is 12.9. The van der Waals surface area contributed by atoms with E-state index in [1.165, 1.54) is 0 Å². The molecule has 0 bridgehead atoms. The lowest BCUT2D eigenvalue weighted by Gasteiger charge is -2.15. The normalized spacial score (nSPS) is 13.8. The van der Waals surface area contributed by atoms with E-state index >= 15 is 0 Å². The Kier molecular flexibility index (Phi) is 7.90. The van der Waals surface area contributed by atoms with Crippen LogP contribution in [0.4, 0.5) is 52.7 Å². The lowest BCUT2D eigenvalue weighted by atomic mass is 10.0. The van der Waals surface area contributed by atoms with Gasteiger partial charge in [0.15, 0.2) is 0 Å². The van der Waals surface area contributed by atoms with Crippen LogP contribution in [-0.4, -0.2) is 35.7 Å². The highest BCUT2D eigenvalue weighted by Crippen LogP contribution is 2.42. The topological polar surface area (TPSA) is 65.2 Å². The van der Waals surface area contributed by atoms with Crippen molar-refractivity contribution < 1.29 is 62.9 Å². The fourth-order valence-corrected chi connectivity index (χ4v) is 2.71. The lowest BCUT2D eigenvalue weighted by molar-refractivity contribution is -0.145. The van der Waals surface area contributed by atoms with E-state index in [-0.39, 0.29) is 24.3 Å². The minimum atomic E-state index is -5.33. The van der Waals surface area contributed by atoms with E-state index in [9.17, 15) is 62.9 Å². The molecule has 2 N–H and O–H groups in total. The summed E-state index contributed by atoms with van der Waals surface area (Å²) in [5, 5.41) is 19.3. The molecular weight excluding hydrogens is 528 g/mol. The van der Waals surface area contributed by atoms with Gasteiger partial charge in [-0.15, -0.1) is 0 Å². The second-order valence-electron chi connectivity index (χ2n) is 6.98. The molecule has 0 fully saturated rings. The molecule has 16 heteroatoms. The van der Waals surface area contributed by atoms with Gasteiger partial charge < -0.3 is 10.2 Å². The van der Waals surface area contributed by atoms with Gasteiger partial charge >= 0.3 is 24.7 Å². The maximum Gasteiger partial charge on any atom is 0.419 e. The molecule has 0 amide bonds. The molecule has 0 spiro atoms. The van der Waals surface area contributed by atoms with Gasteiger partial charge in [-0.3, -0.25) is 9.98 Å². The van der Waals surface area contributed by atoms with Crippen LogP contribution in [0.2, 0.25) is 0 Å². The van der Waals surface area contributed by atoms with Crippen molar-refractivity contribution in [1.82, 2.24) is 0 Å². The summed E-state index contributed by atoms with van der Waals surface area (Å²) in [5.74, 6) is -3.09. The highest BCUT2D eigenvalue weighted by Gasteiger charge is 2.41. The summed E-state index contributed by atoms with van der Waals surface area (Å²) >= 11 is 0. The van der Waals surface area contributed by atoms with Crippen molar-refractivity contribution in [2.24, 2.45) is 9.98 Å². The van der Waals surface area contributed by atoms with Crippen LogP contribution in [0.15, 0.2) is 34.3 Å². The number of benzene rings is 2. The first-order valence-corrected chi connectivity index (χ1v) is 9.25. The van der Waals surface area contributed by atoms with Crippen molar-refractivity contribution in [3.63, 3.8) is 0 Å². The third-order valence-electron chi connectivity index (χ3n) is 4.36. The number of nitrogens with zero attached hydrogens (tertiary/aromatic N) is 2. The summed E-state index contributed by atoms with van der Waals surface area (Å²) in [6.45, 7) is -1.03. The quantitative estimate of drug-likeness (QED) is 0.252. The Bertz CT molecular complexity index is 1070. The SMILES string of the molecule is Oc1c(C=NCCN=Cc2cc(C(F)(F)F)cc(C(F)(F)F)c2O)cc(C(F)(F)F)cc1C(F)(F)F. The average molecular weight is 540 g/mol. The number of alkyl halides is 12. The molecule has 0 saturated heterocycles. The molecule has 0 unspecified atom stereocenters. The van der Waals surface area contributed by atoms with Gasteiger partial charge in [0, 0.05) is 23.6 Å². The largest absolute Gasteiger partial charge is 0.507 e. The van der Waals surface area contributed by atoms with Crippen LogP contribution in [0.1, 0.15) is 33.4 Å². The molecule has 0 aliphatic carbocycles. The van der Waals surface area contributed by atoms with E-state index in [2.05, 4.69) is 9.98 Å². The van der Waals surface area contributed by atoms with Crippen LogP contribution in [0.3, 0.4) is 0 Å². The number of halogens is 12. The van der Waals surface area contributed by atoms with Crippen LogP contribution in [0.25, 0.3) is 0 Å². The molecule has 4 nitrogen and oxygen atoms in total. The van der Waals surface area contributed by atoms with E-state index in [0.29, 0.717) is 12.4 Å². The maximum absolute atomic E-state index is 12.9. The molecule has 0 radical (unpaired) electrons. The van der Waals surface area contributed by atoms with E-state index in [1.807, 2.05) is 0 Å². The molecule has 198 valence electrons. The number of hydrogen-bond acceptors (Lipinski definition) is 4. The molecule has 2 aromatic rings. The molecule has 0 atom stereocenters. The highest BCUT2D eigenvalue weighted by molar-refractivity contribution is 5.85. The second kappa shape index (κ2) is 9.89. The van der Waals surface area contributed by atoms with Crippen LogP contribution in [0.5, 0.6) is 11.5 Å². The number of phenols is 2. The van der Waals surface area contributed by atoms with E-state index in [4.69, 9.17) is 0 Å². The lowest BCUT2D eigenvalue weighted by Crippen LogP contribution is -2.12. The van der Waals surface area contributed by atoms with Gasteiger partial charge in [0.25, 0.3) is 0 Å². The predicted octanol–water partition coefficient (Wildman–Crippen LogP) is 6.71. The van der Waals surface area contributed by atoms with Gasteiger partial charge in [0.2, 0.25) is 0 Å². The Labute approximate surface area is 193 Å². The first-order chi connectivity index (χ1) is 16.2. The minimum Gasteiger partial charge on any atom is -0.507 e. The Morgan fingerprint density at radius 1 is 0.528 bits per heavy atom. The average Bonchev–Trinajstić information content (AvgIpc) is 2.69. The number of hydrogen-bond donors (Lipinski definition) is 2. The van der Waals surface area contributed by atoms with Gasteiger partial charge in [-0.1, -0.05) is 0 Å². The number of aliphatic imine (C=N–C) groups is 2. The smallest absolute Gasteiger partial charge is 0.419 e. The van der Waals surface area contributed by atoms with Crippen LogP contribution < -0.4 is 0 Å². The standard InChI is InChI=1S/C20H12F12N2O2/c21-17(22,23)11-3-9(15(35)13(5-11)19(27,28)29)7-33-1-2-34-8-10-4-12(18(24,25)26)6-14(16(10)36)20(30,31)32/h3-8,35-36H,1-2H2. The van der Waals surface area contributed by atoms with Crippen molar-refractivity contribution in [1.29, 1.82) is 0 Å². The summed E-state index contributed by atoms with van der Waals surface area (Å²) in [7, 11) is 0.